The van der Waals surface area contributed by atoms with Crippen LogP contribution in [0.1, 0.15) is 31.5 Å². The minimum absolute atomic E-state index is 0.291. The van der Waals surface area contributed by atoms with E-state index < -0.39 is 0 Å². The molecule has 0 saturated heterocycles. The Hall–Kier alpha value is -0.350. The molecule has 72 valence electrons. The van der Waals surface area contributed by atoms with Gasteiger partial charge >= 0.3 is 0 Å². The van der Waals surface area contributed by atoms with Crippen molar-refractivity contribution in [2.24, 2.45) is 0 Å². The van der Waals surface area contributed by atoms with E-state index in [4.69, 9.17) is 0 Å². The molecule has 1 saturated carbocycles. The van der Waals surface area contributed by atoms with E-state index in [1.54, 1.807) is 6.92 Å². The zero-order chi connectivity index (χ0) is 9.42. The third kappa shape index (κ3) is 2.11. The van der Waals surface area contributed by atoms with Crippen LogP contribution in [-0.2, 0) is 6.42 Å². The zero-order valence-electron chi connectivity index (χ0n) is 7.57. The molecule has 1 fully saturated rings. The normalized spacial score (nSPS) is 19.0. The Morgan fingerprint density at radius 2 is 2.46 bits per heavy atom. The smallest absolute Gasteiger partial charge is 0.128 e. The number of nitrogens with zero attached hydrogens (tertiary/aromatic N) is 2. The molecule has 1 aliphatic carbocycles. The van der Waals surface area contributed by atoms with Crippen molar-refractivity contribution in [3.05, 3.63) is 16.4 Å². The van der Waals surface area contributed by atoms with Crippen molar-refractivity contribution in [3.8, 4) is 0 Å². The van der Waals surface area contributed by atoms with Crippen molar-refractivity contribution >= 4 is 15.9 Å². The minimum atomic E-state index is -0.291. The fourth-order valence-corrected chi connectivity index (χ4v) is 1.93. The lowest BCUT2D eigenvalue weighted by Gasteiger charge is -2.06. The average Bonchev–Trinajstić information content (AvgIpc) is 2.77. The van der Waals surface area contributed by atoms with Gasteiger partial charge in [0.1, 0.15) is 4.60 Å². The Morgan fingerprint density at radius 1 is 1.77 bits per heavy atom. The summed E-state index contributed by atoms with van der Waals surface area (Å²) in [6.45, 7) is 1.80. The third-order valence-corrected chi connectivity index (χ3v) is 2.57. The summed E-state index contributed by atoms with van der Waals surface area (Å²) in [6, 6.07) is 2.57. The Labute approximate surface area is 85.9 Å². The molecule has 1 N–H and O–H groups in total. The van der Waals surface area contributed by atoms with E-state index in [1.807, 2.05) is 10.7 Å². The van der Waals surface area contributed by atoms with E-state index in [9.17, 15) is 5.11 Å². The van der Waals surface area contributed by atoms with Gasteiger partial charge in [0, 0.05) is 12.1 Å². The first-order chi connectivity index (χ1) is 6.16. The first-order valence-corrected chi connectivity index (χ1v) is 5.38. The van der Waals surface area contributed by atoms with Crippen molar-refractivity contribution in [3.63, 3.8) is 0 Å². The number of aliphatic hydroxyl groups is 1. The highest BCUT2D eigenvalue weighted by Crippen LogP contribution is 2.36. The molecule has 0 bridgehead atoms. The molecule has 4 heteroatoms. The lowest BCUT2D eigenvalue weighted by atomic mass is 10.2. The topological polar surface area (TPSA) is 38.1 Å². The predicted octanol–water partition coefficient (Wildman–Crippen LogP) is 1.90. The monoisotopic (exact) mass is 244 g/mol. The summed E-state index contributed by atoms with van der Waals surface area (Å²) in [5, 5.41) is 13.6. The van der Waals surface area contributed by atoms with Gasteiger partial charge in [-0.1, -0.05) is 0 Å². The quantitative estimate of drug-likeness (QED) is 0.883. The molecule has 2 rings (SSSR count). The van der Waals surface area contributed by atoms with Crippen LogP contribution >= 0.6 is 15.9 Å². The fraction of sp³-hybridized carbons (Fsp3) is 0.667. The standard InChI is InChI=1S/C9H13BrN2O/c1-6(13)4-8-5-9(10)11-12(8)7-2-3-7/h5-7,13H,2-4H2,1H3. The van der Waals surface area contributed by atoms with E-state index in [2.05, 4.69) is 21.0 Å². The van der Waals surface area contributed by atoms with Crippen molar-refractivity contribution in [2.75, 3.05) is 0 Å². The Kier molecular flexibility index (Phi) is 2.43. The largest absolute Gasteiger partial charge is 0.393 e. The molecule has 1 aliphatic rings. The number of aromatic nitrogens is 2. The number of rotatable bonds is 3. The number of hydrogen-bond acceptors (Lipinski definition) is 2. The summed E-state index contributed by atoms with van der Waals surface area (Å²) in [7, 11) is 0. The van der Waals surface area contributed by atoms with Crippen LogP contribution in [0.25, 0.3) is 0 Å². The molecule has 1 atom stereocenters. The van der Waals surface area contributed by atoms with Crippen LogP contribution in [0.5, 0.6) is 0 Å². The molecular weight excluding hydrogens is 232 g/mol. The van der Waals surface area contributed by atoms with Crippen molar-refractivity contribution in [2.45, 2.75) is 38.3 Å². The summed E-state index contributed by atoms with van der Waals surface area (Å²) in [6.07, 6.45) is 2.85. The van der Waals surface area contributed by atoms with Gasteiger partial charge in [-0.2, -0.15) is 5.10 Å². The fourth-order valence-electron chi connectivity index (χ4n) is 1.49. The number of hydrogen-bond donors (Lipinski definition) is 1. The van der Waals surface area contributed by atoms with Crippen LogP contribution in [0.3, 0.4) is 0 Å². The molecular formula is C9H13BrN2O. The van der Waals surface area contributed by atoms with Crippen LogP contribution in [0.2, 0.25) is 0 Å². The van der Waals surface area contributed by atoms with Gasteiger partial charge in [-0.15, -0.1) is 0 Å². The molecule has 0 amide bonds. The van der Waals surface area contributed by atoms with Crippen LogP contribution in [0, 0.1) is 0 Å². The number of aliphatic hydroxyl groups excluding tert-OH is 1. The molecule has 0 radical (unpaired) electrons. The van der Waals surface area contributed by atoms with Gasteiger partial charge in [-0.25, -0.2) is 0 Å². The van der Waals surface area contributed by atoms with E-state index in [-0.39, 0.29) is 6.10 Å². The molecule has 1 unspecified atom stereocenters. The zero-order valence-corrected chi connectivity index (χ0v) is 9.16. The molecule has 0 spiro atoms. The Bertz CT molecular complexity index is 305. The van der Waals surface area contributed by atoms with Gasteiger partial charge in [-0.3, -0.25) is 4.68 Å². The second-order valence-corrected chi connectivity index (χ2v) is 4.50. The molecule has 1 heterocycles. The number of halogens is 1. The molecule has 3 nitrogen and oxygen atoms in total. The van der Waals surface area contributed by atoms with E-state index >= 15 is 0 Å². The molecule has 1 aromatic rings. The second kappa shape index (κ2) is 3.42. The van der Waals surface area contributed by atoms with Crippen molar-refractivity contribution in [1.29, 1.82) is 0 Å². The van der Waals surface area contributed by atoms with Gasteiger partial charge in [0.15, 0.2) is 0 Å². The molecule has 1 aromatic heterocycles. The van der Waals surface area contributed by atoms with E-state index in [0.717, 1.165) is 10.3 Å². The summed E-state index contributed by atoms with van der Waals surface area (Å²) in [5.74, 6) is 0. The highest BCUT2D eigenvalue weighted by atomic mass is 79.9. The third-order valence-electron chi connectivity index (χ3n) is 2.18. The summed E-state index contributed by atoms with van der Waals surface area (Å²) in [4.78, 5) is 0. The van der Waals surface area contributed by atoms with Crippen molar-refractivity contribution in [1.82, 2.24) is 9.78 Å². The maximum Gasteiger partial charge on any atom is 0.128 e. The van der Waals surface area contributed by atoms with Gasteiger partial charge in [-0.05, 0) is 41.8 Å². The maximum absolute atomic E-state index is 9.29. The minimum Gasteiger partial charge on any atom is -0.393 e. The second-order valence-electron chi connectivity index (χ2n) is 3.69. The maximum atomic E-state index is 9.29. The molecule has 0 aromatic carbocycles. The first kappa shape index (κ1) is 9.21. The van der Waals surface area contributed by atoms with E-state index in [0.29, 0.717) is 12.5 Å². The summed E-state index contributed by atoms with van der Waals surface area (Å²) >= 11 is 3.36. The van der Waals surface area contributed by atoms with E-state index in [1.165, 1.54) is 12.8 Å². The summed E-state index contributed by atoms with van der Waals surface area (Å²) < 4.78 is 2.91. The Morgan fingerprint density at radius 3 is 3.00 bits per heavy atom. The Balaban J connectivity index is 2.21. The molecule has 0 aliphatic heterocycles. The lowest BCUT2D eigenvalue weighted by molar-refractivity contribution is 0.192. The molecule has 13 heavy (non-hydrogen) atoms. The SMILES string of the molecule is CC(O)Cc1cc(Br)nn1C1CC1. The highest BCUT2D eigenvalue weighted by Gasteiger charge is 2.27. The predicted molar refractivity (Wildman–Crippen MR) is 53.6 cm³/mol. The van der Waals surface area contributed by atoms with Gasteiger partial charge in [0.05, 0.1) is 12.1 Å². The van der Waals surface area contributed by atoms with Crippen LogP contribution in [-0.4, -0.2) is 21.0 Å². The van der Waals surface area contributed by atoms with Crippen LogP contribution < -0.4 is 0 Å². The van der Waals surface area contributed by atoms with Crippen molar-refractivity contribution < 1.29 is 5.11 Å². The van der Waals surface area contributed by atoms with Gasteiger partial charge in [0.2, 0.25) is 0 Å². The van der Waals surface area contributed by atoms with Crippen LogP contribution in [0.4, 0.5) is 0 Å². The van der Waals surface area contributed by atoms with Gasteiger partial charge < -0.3 is 5.11 Å². The first-order valence-electron chi connectivity index (χ1n) is 4.59. The van der Waals surface area contributed by atoms with Crippen LogP contribution in [0.15, 0.2) is 10.7 Å². The lowest BCUT2D eigenvalue weighted by Crippen LogP contribution is -2.10. The van der Waals surface area contributed by atoms with Gasteiger partial charge in [0.25, 0.3) is 0 Å². The summed E-state index contributed by atoms with van der Waals surface area (Å²) in [5.41, 5.74) is 1.13. The average molecular weight is 245 g/mol. The highest BCUT2D eigenvalue weighted by molar-refractivity contribution is 9.10.